The Balaban J connectivity index is 3.26. The Kier molecular flexibility index (Phi) is 4.12. The number of hydrogen-bond acceptors (Lipinski definition) is 2. The van der Waals surface area contributed by atoms with Crippen LogP contribution in [0.5, 0.6) is 0 Å². The molecule has 0 aliphatic heterocycles. The Morgan fingerprint density at radius 3 is 2.64 bits per heavy atom. The second-order valence-corrected chi connectivity index (χ2v) is 5.01. The van der Waals surface area contributed by atoms with Crippen molar-refractivity contribution in [2.45, 2.75) is 6.42 Å². The van der Waals surface area contributed by atoms with Gasteiger partial charge in [-0.25, -0.2) is 0 Å². The van der Waals surface area contributed by atoms with E-state index in [0.717, 1.165) is 7.14 Å². The molecular weight excluding hydrogens is 408 g/mol. The first-order valence-electron chi connectivity index (χ1n) is 3.64. The van der Waals surface area contributed by atoms with Gasteiger partial charge in [-0.2, -0.15) is 5.26 Å². The predicted octanol–water partition coefficient (Wildman–Crippen LogP) is 2.39. The third kappa shape index (κ3) is 2.81. The van der Waals surface area contributed by atoms with E-state index in [9.17, 15) is 4.79 Å². The van der Waals surface area contributed by atoms with Crippen LogP contribution in [0.3, 0.4) is 0 Å². The molecule has 0 bridgehead atoms. The highest BCUT2D eigenvalue weighted by molar-refractivity contribution is 14.1. The van der Waals surface area contributed by atoms with Crippen LogP contribution in [0.4, 0.5) is 0 Å². The predicted molar refractivity (Wildman–Crippen MR) is 67.9 cm³/mol. The van der Waals surface area contributed by atoms with E-state index in [0.29, 0.717) is 11.1 Å². The fourth-order valence-electron chi connectivity index (χ4n) is 1.05. The molecule has 1 N–H and O–H groups in total. The topological polar surface area (TPSA) is 61.1 Å². The van der Waals surface area contributed by atoms with E-state index in [1.165, 1.54) is 0 Å². The molecule has 0 aliphatic carbocycles. The van der Waals surface area contributed by atoms with E-state index in [1.807, 2.05) is 34.7 Å². The smallest absolute Gasteiger partial charge is 0.307 e. The van der Waals surface area contributed by atoms with Crippen molar-refractivity contribution < 1.29 is 9.90 Å². The summed E-state index contributed by atoms with van der Waals surface area (Å²) in [6.45, 7) is 0. The molecule has 0 saturated carbocycles. The number of aliphatic carboxylic acids is 1. The summed E-state index contributed by atoms with van der Waals surface area (Å²) in [5.74, 6) is -0.917. The lowest BCUT2D eigenvalue weighted by Gasteiger charge is -2.04. The molecular formula is C9H5I2NO2. The first-order valence-corrected chi connectivity index (χ1v) is 5.80. The van der Waals surface area contributed by atoms with Crippen molar-refractivity contribution in [2.24, 2.45) is 0 Å². The molecule has 0 spiro atoms. The molecule has 0 saturated heterocycles. The molecule has 0 amide bonds. The number of carboxylic acid groups (broad SMARTS) is 1. The van der Waals surface area contributed by atoms with Crippen molar-refractivity contribution in [2.75, 3.05) is 0 Å². The zero-order valence-electron chi connectivity index (χ0n) is 6.92. The molecule has 0 heterocycles. The first kappa shape index (κ1) is 11.7. The molecule has 0 atom stereocenters. The average Bonchev–Trinajstić information content (AvgIpc) is 2.01. The highest BCUT2D eigenvalue weighted by atomic mass is 127. The van der Waals surface area contributed by atoms with Crippen LogP contribution in [-0.4, -0.2) is 11.1 Å². The van der Waals surface area contributed by atoms with Gasteiger partial charge in [-0.15, -0.1) is 0 Å². The molecule has 0 unspecified atom stereocenters. The minimum atomic E-state index is -0.917. The summed E-state index contributed by atoms with van der Waals surface area (Å²) < 4.78 is 1.75. The first-order chi connectivity index (χ1) is 6.54. The number of halogens is 2. The lowest BCUT2D eigenvalue weighted by Crippen LogP contribution is -2.04. The second kappa shape index (κ2) is 4.93. The maximum absolute atomic E-state index is 10.5. The Morgan fingerprint density at radius 1 is 1.50 bits per heavy atom. The summed E-state index contributed by atoms with van der Waals surface area (Å²) in [7, 11) is 0. The Hall–Kier alpha value is -0.360. The molecule has 72 valence electrons. The Labute approximate surface area is 108 Å². The Bertz CT molecular complexity index is 424. The number of carbonyl (C=O) groups is 1. The molecule has 14 heavy (non-hydrogen) atoms. The number of rotatable bonds is 2. The van der Waals surface area contributed by atoms with Crippen molar-refractivity contribution in [1.82, 2.24) is 0 Å². The van der Waals surface area contributed by atoms with Crippen LogP contribution < -0.4 is 0 Å². The van der Waals surface area contributed by atoms with Gasteiger partial charge in [-0.05, 0) is 62.9 Å². The highest BCUT2D eigenvalue weighted by Crippen LogP contribution is 2.20. The van der Waals surface area contributed by atoms with E-state index in [-0.39, 0.29) is 6.42 Å². The summed E-state index contributed by atoms with van der Waals surface area (Å²) in [5, 5.41) is 17.5. The summed E-state index contributed by atoms with van der Waals surface area (Å²) in [6, 6.07) is 5.61. The van der Waals surface area contributed by atoms with Crippen LogP contribution >= 0.6 is 45.2 Å². The fraction of sp³-hybridized carbons (Fsp3) is 0.111. The van der Waals surface area contributed by atoms with Crippen LogP contribution in [0.1, 0.15) is 11.1 Å². The summed E-state index contributed by atoms with van der Waals surface area (Å²) in [4.78, 5) is 10.5. The van der Waals surface area contributed by atoms with E-state index in [1.54, 1.807) is 6.07 Å². The van der Waals surface area contributed by atoms with E-state index in [4.69, 9.17) is 10.4 Å². The standard InChI is InChI=1S/C9H5I2NO2/c10-6-1-5(2-9(13)14)7(4-12)8(11)3-6/h1,3H,2H2,(H,13,14). The number of nitrogens with zero attached hydrogens (tertiary/aromatic N) is 1. The molecule has 1 aromatic rings. The maximum atomic E-state index is 10.5. The van der Waals surface area contributed by atoms with Crippen molar-refractivity contribution in [3.05, 3.63) is 30.4 Å². The van der Waals surface area contributed by atoms with Crippen LogP contribution in [0.15, 0.2) is 12.1 Å². The van der Waals surface area contributed by atoms with Gasteiger partial charge in [0.25, 0.3) is 0 Å². The molecule has 0 radical (unpaired) electrons. The maximum Gasteiger partial charge on any atom is 0.307 e. The summed E-state index contributed by atoms with van der Waals surface area (Å²) in [5.41, 5.74) is 1.05. The molecule has 0 fully saturated rings. The van der Waals surface area contributed by atoms with Gasteiger partial charge in [0.05, 0.1) is 12.0 Å². The number of nitriles is 1. The van der Waals surface area contributed by atoms with Gasteiger partial charge in [0.1, 0.15) is 6.07 Å². The van der Waals surface area contributed by atoms with Crippen LogP contribution in [0.2, 0.25) is 0 Å². The van der Waals surface area contributed by atoms with Gasteiger partial charge in [0.15, 0.2) is 0 Å². The zero-order chi connectivity index (χ0) is 10.7. The largest absolute Gasteiger partial charge is 0.481 e. The third-order valence-corrected chi connectivity index (χ3v) is 3.06. The van der Waals surface area contributed by atoms with Crippen LogP contribution in [0.25, 0.3) is 0 Å². The summed E-state index contributed by atoms with van der Waals surface area (Å²) in [6.07, 6.45) is -0.101. The zero-order valence-corrected chi connectivity index (χ0v) is 11.2. The van der Waals surface area contributed by atoms with Gasteiger partial charge in [0.2, 0.25) is 0 Å². The lowest BCUT2D eigenvalue weighted by molar-refractivity contribution is -0.136. The summed E-state index contributed by atoms with van der Waals surface area (Å²) >= 11 is 4.14. The van der Waals surface area contributed by atoms with Gasteiger partial charge in [-0.3, -0.25) is 4.79 Å². The molecule has 0 aromatic heterocycles. The highest BCUT2D eigenvalue weighted by Gasteiger charge is 2.10. The number of carboxylic acids is 1. The number of hydrogen-bond donors (Lipinski definition) is 1. The van der Waals surface area contributed by atoms with Gasteiger partial charge < -0.3 is 5.11 Å². The number of benzene rings is 1. The van der Waals surface area contributed by atoms with E-state index in [2.05, 4.69) is 22.6 Å². The van der Waals surface area contributed by atoms with E-state index < -0.39 is 5.97 Å². The molecule has 1 rings (SSSR count). The van der Waals surface area contributed by atoms with Crippen LogP contribution in [0, 0.1) is 18.5 Å². The average molecular weight is 413 g/mol. The van der Waals surface area contributed by atoms with Crippen molar-refractivity contribution in [1.29, 1.82) is 5.26 Å². The van der Waals surface area contributed by atoms with Gasteiger partial charge >= 0.3 is 5.97 Å². The third-order valence-electron chi connectivity index (χ3n) is 1.59. The minimum absolute atomic E-state index is 0.101. The van der Waals surface area contributed by atoms with Crippen LogP contribution in [-0.2, 0) is 11.2 Å². The molecule has 5 heteroatoms. The second-order valence-electron chi connectivity index (χ2n) is 2.60. The fourth-order valence-corrected chi connectivity index (χ4v) is 3.14. The molecule has 0 aliphatic rings. The van der Waals surface area contributed by atoms with Crippen molar-refractivity contribution in [3.63, 3.8) is 0 Å². The van der Waals surface area contributed by atoms with Crippen molar-refractivity contribution >= 4 is 51.2 Å². The quantitative estimate of drug-likeness (QED) is 0.759. The minimum Gasteiger partial charge on any atom is -0.481 e. The normalized spacial score (nSPS) is 9.50. The van der Waals surface area contributed by atoms with Gasteiger partial charge in [-0.1, -0.05) is 0 Å². The Morgan fingerprint density at radius 2 is 2.14 bits per heavy atom. The molecule has 3 nitrogen and oxygen atoms in total. The monoisotopic (exact) mass is 413 g/mol. The molecule has 1 aromatic carbocycles. The van der Waals surface area contributed by atoms with Gasteiger partial charge in [0, 0.05) is 7.14 Å². The van der Waals surface area contributed by atoms with Crippen molar-refractivity contribution in [3.8, 4) is 6.07 Å². The van der Waals surface area contributed by atoms with E-state index >= 15 is 0 Å². The lowest BCUT2D eigenvalue weighted by atomic mass is 10.1. The SMILES string of the molecule is N#Cc1c(I)cc(I)cc1CC(=O)O.